The molecule has 3 aromatic carbocycles. The summed E-state index contributed by atoms with van der Waals surface area (Å²) in [5.74, 6) is -0.411. The summed E-state index contributed by atoms with van der Waals surface area (Å²) in [6.07, 6.45) is -2.36. The minimum atomic E-state index is -4.38. The molecule has 1 atom stereocenters. The van der Waals surface area contributed by atoms with E-state index in [-0.39, 0.29) is 18.8 Å². The molecule has 0 amide bonds. The van der Waals surface area contributed by atoms with Crippen molar-refractivity contribution in [2.24, 2.45) is 0 Å². The van der Waals surface area contributed by atoms with Crippen molar-refractivity contribution < 1.29 is 45.3 Å². The zero-order valence-corrected chi connectivity index (χ0v) is 24.6. The number of aromatic nitrogens is 5. The van der Waals surface area contributed by atoms with Crippen LogP contribution in [0.3, 0.4) is 0 Å². The van der Waals surface area contributed by atoms with Gasteiger partial charge in [-0.1, -0.05) is 36.1 Å². The van der Waals surface area contributed by atoms with E-state index in [1.807, 2.05) is 0 Å². The van der Waals surface area contributed by atoms with Crippen molar-refractivity contribution in [2.45, 2.75) is 37.5 Å². The third-order valence-corrected chi connectivity index (χ3v) is 6.93. The summed E-state index contributed by atoms with van der Waals surface area (Å²) in [4.78, 5) is 3.79. The summed E-state index contributed by atoms with van der Waals surface area (Å²) in [5, 5.41) is 21.4. The highest BCUT2D eigenvalue weighted by Gasteiger charge is 2.58. The van der Waals surface area contributed by atoms with E-state index in [1.54, 1.807) is 48.5 Å². The van der Waals surface area contributed by atoms with Crippen LogP contribution in [0, 0.1) is 23.5 Å². The van der Waals surface area contributed by atoms with Gasteiger partial charge in [0.15, 0.2) is 5.60 Å². The van der Waals surface area contributed by atoms with Gasteiger partial charge >= 0.3 is 12.1 Å². The molecule has 15 heteroatoms. The lowest BCUT2D eigenvalue weighted by Gasteiger charge is -2.35. The molecular weight excluding hydrogens is 647 g/mol. The number of hydrogen-bond donors (Lipinski definition) is 1. The standard InChI is InChI=1S/C33H24F7N5O3/c34-26-10-13-28(29(35)15-26)31(46,19-45-21-42-43-44-45)33(39,40)30-14-9-23(16-41-30)2-1-22-7-11-27(12-8-22)48-18-25-5-3-24(4-6-25)17-47-20-32(36,37)38/h3-16,21,46H,17-20H2. The molecule has 5 aromatic rings. The highest BCUT2D eigenvalue weighted by Crippen LogP contribution is 2.46. The molecule has 0 fully saturated rings. The second-order valence-corrected chi connectivity index (χ2v) is 10.5. The fraction of sp³-hybridized carbons (Fsp3) is 0.212. The maximum atomic E-state index is 15.9. The topological polar surface area (TPSA) is 95.2 Å². The van der Waals surface area contributed by atoms with Crippen molar-refractivity contribution in [1.82, 2.24) is 25.2 Å². The van der Waals surface area contributed by atoms with E-state index in [9.17, 15) is 27.1 Å². The van der Waals surface area contributed by atoms with Crippen LogP contribution in [0.25, 0.3) is 0 Å². The molecule has 0 saturated carbocycles. The number of benzene rings is 3. The third kappa shape index (κ3) is 8.33. The first-order valence-corrected chi connectivity index (χ1v) is 14.0. The number of pyridine rings is 1. The molecular formula is C33H24F7N5O3. The number of rotatable bonds is 11. The molecule has 2 aromatic heterocycles. The molecule has 0 aliphatic carbocycles. The van der Waals surface area contributed by atoms with Gasteiger partial charge in [-0.05, 0) is 70.1 Å². The minimum absolute atomic E-state index is 0.166. The smallest absolute Gasteiger partial charge is 0.411 e. The Morgan fingerprint density at radius 2 is 1.46 bits per heavy atom. The Hall–Kier alpha value is -5.33. The lowest BCUT2D eigenvalue weighted by atomic mass is 9.84. The van der Waals surface area contributed by atoms with Gasteiger partial charge in [-0.2, -0.15) is 22.0 Å². The first-order chi connectivity index (χ1) is 22.8. The second kappa shape index (κ2) is 14.2. The summed E-state index contributed by atoms with van der Waals surface area (Å²) >= 11 is 0. The first-order valence-electron chi connectivity index (χ1n) is 14.0. The van der Waals surface area contributed by atoms with Crippen molar-refractivity contribution >= 4 is 0 Å². The average Bonchev–Trinajstić information content (AvgIpc) is 3.56. The van der Waals surface area contributed by atoms with Gasteiger partial charge < -0.3 is 14.6 Å². The van der Waals surface area contributed by atoms with E-state index < -0.39 is 53.7 Å². The Labute approximate surface area is 268 Å². The Morgan fingerprint density at radius 1 is 0.792 bits per heavy atom. The van der Waals surface area contributed by atoms with Crippen LogP contribution in [-0.2, 0) is 36.0 Å². The Balaban J connectivity index is 1.22. The molecule has 248 valence electrons. The number of ether oxygens (including phenoxy) is 2. The van der Waals surface area contributed by atoms with Crippen LogP contribution in [-0.4, -0.2) is 43.1 Å². The molecule has 0 aliphatic rings. The number of nitrogens with zero attached hydrogens (tertiary/aromatic N) is 5. The molecule has 5 rings (SSSR count). The number of hydrogen-bond acceptors (Lipinski definition) is 7. The molecule has 1 N–H and O–H groups in total. The van der Waals surface area contributed by atoms with Crippen LogP contribution < -0.4 is 4.74 Å². The fourth-order valence-corrected chi connectivity index (χ4v) is 4.49. The lowest BCUT2D eigenvalue weighted by molar-refractivity contribution is -0.207. The molecule has 8 nitrogen and oxygen atoms in total. The fourth-order valence-electron chi connectivity index (χ4n) is 4.49. The number of aliphatic hydroxyl groups is 1. The molecule has 0 aliphatic heterocycles. The Bertz CT molecular complexity index is 1880. The zero-order valence-electron chi connectivity index (χ0n) is 24.6. The van der Waals surface area contributed by atoms with E-state index >= 15 is 8.78 Å². The monoisotopic (exact) mass is 671 g/mol. The highest BCUT2D eigenvalue weighted by atomic mass is 19.4. The van der Waals surface area contributed by atoms with Gasteiger partial charge in [0.05, 0.1) is 13.2 Å². The molecule has 0 spiro atoms. The number of alkyl halides is 5. The third-order valence-electron chi connectivity index (χ3n) is 6.93. The number of halogens is 7. The SMILES string of the molecule is OC(Cn1cnnn1)(c1ccc(F)cc1F)C(F)(F)c1ccc(C#Cc2ccc(OCc3ccc(COCC(F)(F)F)cc3)cc2)cn1. The largest absolute Gasteiger partial charge is 0.489 e. The maximum Gasteiger partial charge on any atom is 0.411 e. The van der Waals surface area contributed by atoms with Crippen LogP contribution in [0.4, 0.5) is 30.7 Å². The summed E-state index contributed by atoms with van der Waals surface area (Å²) in [6.45, 7) is -2.26. The van der Waals surface area contributed by atoms with E-state index in [4.69, 9.17) is 4.74 Å². The van der Waals surface area contributed by atoms with E-state index in [0.717, 1.165) is 41.0 Å². The Kier molecular flexibility index (Phi) is 10.1. The molecule has 0 bridgehead atoms. The summed E-state index contributed by atoms with van der Waals surface area (Å²) in [6, 6.07) is 17.5. The van der Waals surface area contributed by atoms with Crippen molar-refractivity contribution in [3.8, 4) is 17.6 Å². The Morgan fingerprint density at radius 3 is 2.06 bits per heavy atom. The van der Waals surface area contributed by atoms with Crippen molar-refractivity contribution in [2.75, 3.05) is 6.61 Å². The number of tetrazole rings is 1. The molecule has 1 unspecified atom stereocenters. The normalized spacial score (nSPS) is 13.0. The molecule has 48 heavy (non-hydrogen) atoms. The minimum Gasteiger partial charge on any atom is -0.489 e. The van der Waals surface area contributed by atoms with E-state index in [0.29, 0.717) is 22.9 Å². The van der Waals surface area contributed by atoms with Crippen molar-refractivity contribution in [3.05, 3.63) is 137 Å². The zero-order chi connectivity index (χ0) is 34.4. The second-order valence-electron chi connectivity index (χ2n) is 10.5. The van der Waals surface area contributed by atoms with Crippen molar-refractivity contribution in [3.63, 3.8) is 0 Å². The summed E-state index contributed by atoms with van der Waals surface area (Å²) in [5.41, 5.74) is -2.83. The van der Waals surface area contributed by atoms with Gasteiger partial charge in [-0.15, -0.1) is 5.10 Å². The van der Waals surface area contributed by atoms with Crippen LogP contribution in [0.5, 0.6) is 5.75 Å². The summed E-state index contributed by atoms with van der Waals surface area (Å²) < 4.78 is 108. The van der Waals surface area contributed by atoms with Crippen LogP contribution >= 0.6 is 0 Å². The van der Waals surface area contributed by atoms with E-state index in [1.165, 1.54) is 6.07 Å². The van der Waals surface area contributed by atoms with Gasteiger partial charge in [0, 0.05) is 29.0 Å². The molecule has 0 radical (unpaired) electrons. The highest BCUT2D eigenvalue weighted by molar-refractivity contribution is 5.44. The van der Waals surface area contributed by atoms with Gasteiger partial charge in [0.1, 0.15) is 42.6 Å². The van der Waals surface area contributed by atoms with Crippen LogP contribution in [0.15, 0.2) is 91.4 Å². The predicted octanol–water partition coefficient (Wildman–Crippen LogP) is 6.08. The summed E-state index contributed by atoms with van der Waals surface area (Å²) in [7, 11) is 0. The van der Waals surface area contributed by atoms with Crippen LogP contribution in [0.2, 0.25) is 0 Å². The van der Waals surface area contributed by atoms with Gasteiger partial charge in [-0.3, -0.25) is 4.98 Å². The van der Waals surface area contributed by atoms with E-state index in [2.05, 4.69) is 37.1 Å². The predicted molar refractivity (Wildman–Crippen MR) is 155 cm³/mol. The van der Waals surface area contributed by atoms with Gasteiger partial charge in [-0.25, -0.2) is 13.5 Å². The maximum absolute atomic E-state index is 15.9. The van der Waals surface area contributed by atoms with Crippen molar-refractivity contribution in [1.29, 1.82) is 0 Å². The average molecular weight is 672 g/mol. The lowest BCUT2D eigenvalue weighted by Crippen LogP contribution is -2.48. The van der Waals surface area contributed by atoms with Gasteiger partial charge in [0.2, 0.25) is 0 Å². The van der Waals surface area contributed by atoms with Gasteiger partial charge in [0.25, 0.3) is 0 Å². The molecule has 2 heterocycles. The first kappa shape index (κ1) is 34.0. The quantitative estimate of drug-likeness (QED) is 0.134. The molecule has 0 saturated heterocycles. The van der Waals surface area contributed by atoms with Crippen LogP contribution in [0.1, 0.15) is 33.5 Å².